The minimum atomic E-state index is 0.183. The van der Waals surface area contributed by atoms with Crippen LogP contribution in [0.25, 0.3) is 0 Å². The third kappa shape index (κ3) is 9.64. The largest absolute Gasteiger partial charge is 0.497 e. The zero-order valence-corrected chi connectivity index (χ0v) is 25.9. The summed E-state index contributed by atoms with van der Waals surface area (Å²) in [4.78, 5) is 19.0. The number of piperidine rings is 1. The van der Waals surface area contributed by atoms with E-state index in [2.05, 4.69) is 71.9 Å². The summed E-state index contributed by atoms with van der Waals surface area (Å²) in [6, 6.07) is 17.3. The zero-order chi connectivity index (χ0) is 28.9. The van der Waals surface area contributed by atoms with E-state index in [4.69, 9.17) is 4.74 Å². The fraction of sp³-hybridized carbons (Fsp3) is 0.595. The van der Waals surface area contributed by atoms with E-state index < -0.39 is 0 Å². The molecule has 4 heteroatoms. The van der Waals surface area contributed by atoms with Gasteiger partial charge in [-0.05, 0) is 86.3 Å². The van der Waals surface area contributed by atoms with Gasteiger partial charge >= 0.3 is 0 Å². The van der Waals surface area contributed by atoms with Gasteiger partial charge in [-0.15, -0.1) is 0 Å². The molecule has 4 rings (SSSR count). The van der Waals surface area contributed by atoms with Crippen molar-refractivity contribution in [1.82, 2.24) is 9.80 Å². The molecule has 2 aliphatic rings. The first-order valence-corrected chi connectivity index (χ1v) is 16.3. The van der Waals surface area contributed by atoms with Crippen LogP contribution in [-0.2, 0) is 17.9 Å². The van der Waals surface area contributed by atoms with Gasteiger partial charge in [-0.3, -0.25) is 9.69 Å². The second-order valence-electron chi connectivity index (χ2n) is 12.3. The maximum atomic E-state index is 14.2. The van der Waals surface area contributed by atoms with Crippen molar-refractivity contribution in [1.29, 1.82) is 0 Å². The van der Waals surface area contributed by atoms with Crippen LogP contribution in [0.3, 0.4) is 0 Å². The van der Waals surface area contributed by atoms with Gasteiger partial charge in [0.2, 0.25) is 5.91 Å². The molecule has 1 amide bonds. The molecule has 222 valence electrons. The Bertz CT molecular complexity index is 1120. The lowest BCUT2D eigenvalue weighted by Gasteiger charge is -2.41. The van der Waals surface area contributed by atoms with Crippen molar-refractivity contribution >= 4 is 5.91 Å². The molecule has 0 bridgehead atoms. The summed E-state index contributed by atoms with van der Waals surface area (Å²) >= 11 is 0. The van der Waals surface area contributed by atoms with E-state index in [0.717, 1.165) is 75.4 Å². The minimum absolute atomic E-state index is 0.183. The highest BCUT2D eigenvalue weighted by atomic mass is 16.5. The van der Waals surface area contributed by atoms with Crippen molar-refractivity contribution in [2.45, 2.75) is 110 Å². The Hall–Kier alpha value is -2.77. The smallest absolute Gasteiger partial charge is 0.226 e. The van der Waals surface area contributed by atoms with Crippen LogP contribution in [0, 0.1) is 23.7 Å². The average molecular weight is 557 g/mol. The Morgan fingerprint density at radius 3 is 2.37 bits per heavy atom. The number of carbonyl (C=O) groups excluding carboxylic acids is 1. The number of nitrogens with zero attached hydrogens (tertiary/aromatic N) is 2. The molecule has 2 fully saturated rings. The van der Waals surface area contributed by atoms with E-state index in [9.17, 15) is 4.79 Å². The van der Waals surface area contributed by atoms with Gasteiger partial charge in [-0.2, -0.15) is 0 Å². The van der Waals surface area contributed by atoms with E-state index in [0.29, 0.717) is 18.5 Å². The second-order valence-corrected chi connectivity index (χ2v) is 12.3. The average Bonchev–Trinajstić information content (AvgIpc) is 3.01. The molecule has 1 aliphatic heterocycles. The summed E-state index contributed by atoms with van der Waals surface area (Å²) in [5.41, 5.74) is 3.58. The van der Waals surface area contributed by atoms with Crippen LogP contribution in [0.4, 0.5) is 0 Å². The van der Waals surface area contributed by atoms with E-state index in [-0.39, 0.29) is 5.92 Å². The van der Waals surface area contributed by atoms with E-state index in [1.54, 1.807) is 7.11 Å². The molecule has 2 aromatic carbocycles. The SMILES string of the molecule is CCCC#Cc1cccc(CN(C(=O)[C@H]2CC[C@H](CCCCC)CC2)C2CCN(Cc3ccc(OC)cc3)CC2)c1. The first kappa shape index (κ1) is 31.2. The van der Waals surface area contributed by atoms with E-state index >= 15 is 0 Å². The van der Waals surface area contributed by atoms with E-state index in [1.807, 2.05) is 12.1 Å². The highest BCUT2D eigenvalue weighted by Gasteiger charge is 2.34. The monoisotopic (exact) mass is 556 g/mol. The van der Waals surface area contributed by atoms with Gasteiger partial charge in [0.25, 0.3) is 0 Å². The molecule has 0 radical (unpaired) electrons. The van der Waals surface area contributed by atoms with Gasteiger partial charge in [0.05, 0.1) is 7.11 Å². The second kappa shape index (κ2) is 16.6. The molecule has 0 unspecified atom stereocenters. The molecular weight excluding hydrogens is 504 g/mol. The number of ether oxygens (including phenoxy) is 1. The number of hydrogen-bond acceptors (Lipinski definition) is 3. The molecule has 0 N–H and O–H groups in total. The molecule has 1 saturated carbocycles. The molecule has 0 atom stereocenters. The highest BCUT2D eigenvalue weighted by molar-refractivity contribution is 5.79. The van der Waals surface area contributed by atoms with Crippen LogP contribution in [0.5, 0.6) is 5.75 Å². The lowest BCUT2D eigenvalue weighted by molar-refractivity contribution is -0.141. The van der Waals surface area contributed by atoms with Crippen LogP contribution >= 0.6 is 0 Å². The van der Waals surface area contributed by atoms with Gasteiger partial charge in [0.1, 0.15) is 5.75 Å². The lowest BCUT2D eigenvalue weighted by atomic mass is 9.79. The van der Waals surface area contributed by atoms with Crippen LogP contribution in [0.1, 0.15) is 108 Å². The predicted molar refractivity (Wildman–Crippen MR) is 170 cm³/mol. The summed E-state index contributed by atoms with van der Waals surface area (Å²) in [7, 11) is 1.71. The van der Waals surface area contributed by atoms with Gasteiger partial charge in [-0.25, -0.2) is 0 Å². The van der Waals surface area contributed by atoms with Gasteiger partial charge in [0, 0.05) is 50.1 Å². The number of benzene rings is 2. The van der Waals surface area contributed by atoms with Crippen LogP contribution in [-0.4, -0.2) is 41.9 Å². The number of rotatable bonds is 12. The maximum absolute atomic E-state index is 14.2. The highest BCUT2D eigenvalue weighted by Crippen LogP contribution is 2.34. The predicted octanol–water partition coefficient (Wildman–Crippen LogP) is 8.23. The number of carbonyl (C=O) groups is 1. The molecule has 1 heterocycles. The number of unbranched alkanes of at least 4 members (excludes halogenated alkanes) is 3. The quantitative estimate of drug-likeness (QED) is 0.195. The number of hydrogen-bond donors (Lipinski definition) is 0. The summed E-state index contributed by atoms with van der Waals surface area (Å²) in [6.07, 6.45) is 13.9. The van der Waals surface area contributed by atoms with Gasteiger partial charge in [-0.1, -0.05) is 75.6 Å². The van der Waals surface area contributed by atoms with Crippen molar-refractivity contribution in [3.8, 4) is 17.6 Å². The number of methoxy groups -OCH3 is 1. The van der Waals surface area contributed by atoms with Gasteiger partial charge < -0.3 is 9.64 Å². The van der Waals surface area contributed by atoms with Crippen molar-refractivity contribution in [2.24, 2.45) is 11.8 Å². The molecule has 0 spiro atoms. The fourth-order valence-corrected chi connectivity index (χ4v) is 6.61. The molecule has 4 nitrogen and oxygen atoms in total. The molecule has 1 saturated heterocycles. The third-order valence-electron chi connectivity index (χ3n) is 9.15. The summed E-state index contributed by atoms with van der Waals surface area (Å²) in [6.45, 7) is 8.13. The topological polar surface area (TPSA) is 32.8 Å². The van der Waals surface area contributed by atoms with E-state index in [1.165, 1.54) is 49.7 Å². The van der Waals surface area contributed by atoms with Crippen molar-refractivity contribution < 1.29 is 9.53 Å². The Morgan fingerprint density at radius 1 is 0.927 bits per heavy atom. The molecule has 2 aromatic rings. The Balaban J connectivity index is 1.41. The first-order chi connectivity index (χ1) is 20.1. The number of likely N-dealkylation sites (tertiary alicyclic amines) is 1. The van der Waals surface area contributed by atoms with Crippen molar-refractivity contribution in [2.75, 3.05) is 20.2 Å². The minimum Gasteiger partial charge on any atom is -0.497 e. The van der Waals surface area contributed by atoms with Gasteiger partial charge in [0.15, 0.2) is 0 Å². The van der Waals surface area contributed by atoms with Crippen LogP contribution in [0.15, 0.2) is 48.5 Å². The normalized spacial score (nSPS) is 19.8. The summed E-state index contributed by atoms with van der Waals surface area (Å²) < 4.78 is 5.32. The molecule has 0 aromatic heterocycles. The Morgan fingerprint density at radius 2 is 1.68 bits per heavy atom. The molecule has 41 heavy (non-hydrogen) atoms. The lowest BCUT2D eigenvalue weighted by Crippen LogP contribution is -2.49. The standard InChI is InChI=1S/C37H52N2O2/c1-4-6-8-11-30-15-19-34(20-16-30)37(40)39(29-33-14-10-13-31(27-33)12-9-7-5-2)35-23-25-38(26-24-35)28-32-17-21-36(41-3)22-18-32/h10,13-14,17-18,21-22,27,30,34-35H,4-8,11,15-16,19-20,23-26,28-29H2,1-3H3/t30-,34-. The Kier molecular flexibility index (Phi) is 12.6. The first-order valence-electron chi connectivity index (χ1n) is 16.3. The molecule has 1 aliphatic carbocycles. The summed E-state index contributed by atoms with van der Waals surface area (Å²) in [5, 5.41) is 0. The fourth-order valence-electron chi connectivity index (χ4n) is 6.61. The van der Waals surface area contributed by atoms with Crippen LogP contribution < -0.4 is 4.74 Å². The summed E-state index contributed by atoms with van der Waals surface area (Å²) in [5.74, 6) is 8.90. The Labute approximate surface area is 249 Å². The molecular formula is C37H52N2O2. The number of amides is 1. The van der Waals surface area contributed by atoms with Crippen molar-refractivity contribution in [3.63, 3.8) is 0 Å². The third-order valence-corrected chi connectivity index (χ3v) is 9.15. The van der Waals surface area contributed by atoms with Crippen LogP contribution in [0.2, 0.25) is 0 Å². The maximum Gasteiger partial charge on any atom is 0.226 e. The van der Waals surface area contributed by atoms with Crippen molar-refractivity contribution in [3.05, 3.63) is 65.2 Å². The zero-order valence-electron chi connectivity index (χ0n) is 25.9.